The van der Waals surface area contributed by atoms with E-state index in [2.05, 4.69) is 21.2 Å². The lowest BCUT2D eigenvalue weighted by Gasteiger charge is -2.22. The van der Waals surface area contributed by atoms with E-state index in [0.717, 1.165) is 0 Å². The van der Waals surface area contributed by atoms with Gasteiger partial charge in [0, 0.05) is 21.2 Å². The lowest BCUT2D eigenvalue weighted by Crippen LogP contribution is -2.25. The molecule has 0 atom stereocenters. The van der Waals surface area contributed by atoms with Crippen LogP contribution in [0.15, 0.2) is 65.1 Å². The van der Waals surface area contributed by atoms with E-state index in [1.165, 1.54) is 0 Å². The number of nitrogens with two attached hydrogens (primary N) is 1. The number of fused-ring (bicyclic) bond motifs is 2. The predicted molar refractivity (Wildman–Crippen MR) is 106 cm³/mol. The van der Waals surface area contributed by atoms with Gasteiger partial charge >= 0.3 is 0 Å². The van der Waals surface area contributed by atoms with Crippen molar-refractivity contribution in [1.29, 1.82) is 0 Å². The second-order valence-electron chi connectivity index (χ2n) is 6.09. The van der Waals surface area contributed by atoms with Crippen molar-refractivity contribution < 1.29 is 14.4 Å². The predicted octanol–water partition coefficient (Wildman–Crippen LogP) is 4.06. The summed E-state index contributed by atoms with van der Waals surface area (Å²) < 4.78 is 0.435. The maximum atomic E-state index is 13.1. The zero-order valence-electron chi connectivity index (χ0n) is 14.0. The summed E-state index contributed by atoms with van der Waals surface area (Å²) in [5.74, 6) is -1.06. The largest absolute Gasteiger partial charge is 0.397 e. The number of halogens is 1. The third-order valence-electron chi connectivity index (χ3n) is 4.47. The molecule has 4 rings (SSSR count). The molecule has 0 bridgehead atoms. The molecule has 3 aromatic rings. The van der Waals surface area contributed by atoms with Gasteiger partial charge in [0.1, 0.15) is 0 Å². The van der Waals surface area contributed by atoms with E-state index >= 15 is 0 Å². The summed E-state index contributed by atoms with van der Waals surface area (Å²) >= 11 is 3.32. The molecule has 132 valence electrons. The highest BCUT2D eigenvalue weighted by molar-refractivity contribution is 9.10. The fourth-order valence-electron chi connectivity index (χ4n) is 3.17. The first kappa shape index (κ1) is 17.2. The van der Waals surface area contributed by atoms with Crippen molar-refractivity contribution in [2.24, 2.45) is 0 Å². The molecule has 6 heteroatoms. The number of nitrogen functional groups attached to an aromatic ring is 1. The summed E-state index contributed by atoms with van der Waals surface area (Å²) in [6.45, 7) is 0. The molecule has 0 spiro atoms. The Morgan fingerprint density at radius 1 is 0.852 bits per heavy atom. The molecule has 0 radical (unpaired) electrons. The maximum Gasteiger partial charge on any atom is 0.255 e. The molecule has 3 aromatic carbocycles. The number of ketones is 2. The van der Waals surface area contributed by atoms with Gasteiger partial charge in [-0.05, 0) is 34.1 Å². The smallest absolute Gasteiger partial charge is 0.255 e. The average molecular weight is 421 g/mol. The number of nitrogens with one attached hydrogen (secondary N) is 1. The first-order valence-corrected chi connectivity index (χ1v) is 8.95. The third kappa shape index (κ3) is 2.74. The quantitative estimate of drug-likeness (QED) is 0.478. The molecule has 0 aliphatic heterocycles. The van der Waals surface area contributed by atoms with Gasteiger partial charge in [0.15, 0.2) is 11.6 Å². The van der Waals surface area contributed by atoms with E-state index in [0.29, 0.717) is 21.2 Å². The SMILES string of the molecule is Nc1c(Br)cc(NC(=O)c2ccccc2)c2c1C(=O)c1ccccc1C2=O. The van der Waals surface area contributed by atoms with Crippen LogP contribution < -0.4 is 11.1 Å². The van der Waals surface area contributed by atoms with Crippen LogP contribution in [-0.4, -0.2) is 17.5 Å². The lowest BCUT2D eigenvalue weighted by atomic mass is 9.82. The second-order valence-corrected chi connectivity index (χ2v) is 6.95. The van der Waals surface area contributed by atoms with Gasteiger partial charge in [-0.1, -0.05) is 42.5 Å². The Morgan fingerprint density at radius 3 is 2.04 bits per heavy atom. The summed E-state index contributed by atoms with van der Waals surface area (Å²) in [7, 11) is 0. The molecule has 0 aromatic heterocycles. The van der Waals surface area contributed by atoms with Gasteiger partial charge in [0.25, 0.3) is 5.91 Å². The van der Waals surface area contributed by atoms with Crippen LogP contribution >= 0.6 is 15.9 Å². The van der Waals surface area contributed by atoms with Gasteiger partial charge < -0.3 is 11.1 Å². The van der Waals surface area contributed by atoms with Crippen LogP contribution in [0.5, 0.6) is 0 Å². The molecule has 0 unspecified atom stereocenters. The molecule has 3 N–H and O–H groups in total. The molecule has 0 fully saturated rings. The van der Waals surface area contributed by atoms with Gasteiger partial charge in [0.2, 0.25) is 0 Å². The Kier molecular flexibility index (Phi) is 4.12. The summed E-state index contributed by atoms with van der Waals surface area (Å²) in [6, 6.07) is 16.8. The summed E-state index contributed by atoms with van der Waals surface area (Å²) in [5, 5.41) is 2.74. The van der Waals surface area contributed by atoms with Crippen LogP contribution in [-0.2, 0) is 0 Å². The minimum absolute atomic E-state index is 0.108. The van der Waals surface area contributed by atoms with E-state index in [-0.39, 0.29) is 40.0 Å². The van der Waals surface area contributed by atoms with Crippen LogP contribution in [0.3, 0.4) is 0 Å². The Bertz CT molecular complexity index is 1120. The Balaban J connectivity index is 1.88. The molecule has 0 heterocycles. The standard InChI is InChI=1S/C21H13BrN2O3/c22-14-10-15(24-21(27)11-6-2-1-3-7-11)16-17(18(14)23)20(26)13-9-5-4-8-12(13)19(16)25/h1-10H,23H2,(H,24,27). The van der Waals surface area contributed by atoms with Crippen molar-refractivity contribution >= 4 is 44.8 Å². The fourth-order valence-corrected chi connectivity index (χ4v) is 3.60. The van der Waals surface area contributed by atoms with Gasteiger partial charge in [0.05, 0.1) is 22.5 Å². The molecule has 0 saturated heterocycles. The first-order valence-electron chi connectivity index (χ1n) is 8.16. The van der Waals surface area contributed by atoms with Crippen molar-refractivity contribution in [2.45, 2.75) is 0 Å². The number of carbonyl (C=O) groups excluding carboxylic acids is 3. The number of carbonyl (C=O) groups is 3. The normalized spacial score (nSPS) is 12.3. The van der Waals surface area contributed by atoms with Crippen LogP contribution in [0.25, 0.3) is 0 Å². The van der Waals surface area contributed by atoms with Crippen LogP contribution in [0.2, 0.25) is 0 Å². The number of anilines is 2. The molecular formula is C21H13BrN2O3. The van der Waals surface area contributed by atoms with Crippen molar-refractivity contribution in [3.05, 3.63) is 93.0 Å². The van der Waals surface area contributed by atoms with Crippen LogP contribution in [0, 0.1) is 0 Å². The maximum absolute atomic E-state index is 13.1. The first-order chi connectivity index (χ1) is 13.0. The minimum Gasteiger partial charge on any atom is -0.397 e. The zero-order valence-corrected chi connectivity index (χ0v) is 15.5. The molecular weight excluding hydrogens is 408 g/mol. The lowest BCUT2D eigenvalue weighted by molar-refractivity contribution is 0.0979. The molecule has 0 saturated carbocycles. The van der Waals surface area contributed by atoms with E-state index in [9.17, 15) is 14.4 Å². The number of amides is 1. The van der Waals surface area contributed by atoms with E-state index < -0.39 is 0 Å². The van der Waals surface area contributed by atoms with Gasteiger partial charge in [-0.2, -0.15) is 0 Å². The topological polar surface area (TPSA) is 89.3 Å². The van der Waals surface area contributed by atoms with Gasteiger partial charge in [-0.3, -0.25) is 14.4 Å². The monoisotopic (exact) mass is 420 g/mol. The number of benzene rings is 3. The van der Waals surface area contributed by atoms with Crippen molar-refractivity contribution in [1.82, 2.24) is 0 Å². The highest BCUT2D eigenvalue weighted by Crippen LogP contribution is 2.39. The minimum atomic E-state index is -0.381. The Labute approximate surface area is 163 Å². The van der Waals surface area contributed by atoms with Crippen molar-refractivity contribution in [3.63, 3.8) is 0 Å². The Morgan fingerprint density at radius 2 is 1.41 bits per heavy atom. The molecule has 1 aliphatic carbocycles. The van der Waals surface area contributed by atoms with E-state index in [1.807, 2.05) is 0 Å². The van der Waals surface area contributed by atoms with E-state index in [1.54, 1.807) is 60.7 Å². The number of rotatable bonds is 2. The molecule has 27 heavy (non-hydrogen) atoms. The van der Waals surface area contributed by atoms with E-state index in [4.69, 9.17) is 5.73 Å². The molecule has 1 aliphatic rings. The molecule has 5 nitrogen and oxygen atoms in total. The van der Waals surface area contributed by atoms with Crippen molar-refractivity contribution in [2.75, 3.05) is 11.1 Å². The summed E-state index contributed by atoms with van der Waals surface area (Å²) in [6.07, 6.45) is 0. The fraction of sp³-hybridized carbons (Fsp3) is 0. The Hall–Kier alpha value is -3.25. The highest BCUT2D eigenvalue weighted by atomic mass is 79.9. The van der Waals surface area contributed by atoms with Crippen molar-refractivity contribution in [3.8, 4) is 0 Å². The second kappa shape index (κ2) is 6.48. The summed E-state index contributed by atoms with van der Waals surface area (Å²) in [4.78, 5) is 38.6. The van der Waals surface area contributed by atoms with Gasteiger partial charge in [-0.15, -0.1) is 0 Å². The highest BCUT2D eigenvalue weighted by Gasteiger charge is 2.34. The number of hydrogen-bond donors (Lipinski definition) is 2. The number of hydrogen-bond acceptors (Lipinski definition) is 4. The molecule has 1 amide bonds. The van der Waals surface area contributed by atoms with Gasteiger partial charge in [-0.25, -0.2) is 0 Å². The van der Waals surface area contributed by atoms with Crippen LogP contribution in [0.1, 0.15) is 42.2 Å². The third-order valence-corrected chi connectivity index (χ3v) is 5.13. The van der Waals surface area contributed by atoms with Crippen LogP contribution in [0.4, 0.5) is 11.4 Å². The zero-order chi connectivity index (χ0) is 19.1. The average Bonchev–Trinajstić information content (AvgIpc) is 2.69. The summed E-state index contributed by atoms with van der Waals surface area (Å²) in [5.41, 5.74) is 7.78.